The Kier molecular flexibility index (Phi) is 8.12. The van der Waals surface area contributed by atoms with Crippen LogP contribution in [0.3, 0.4) is 0 Å². The minimum absolute atomic E-state index is 0.653. The van der Waals surface area contributed by atoms with Gasteiger partial charge in [0.2, 0.25) is 0 Å². The minimum atomic E-state index is 0.653. The van der Waals surface area contributed by atoms with E-state index >= 15 is 0 Å². The first-order valence-corrected chi connectivity index (χ1v) is 9.99. The second-order valence-electron chi connectivity index (χ2n) is 6.48. The van der Waals surface area contributed by atoms with Crippen LogP contribution in [-0.4, -0.2) is 23.6 Å². The van der Waals surface area contributed by atoms with E-state index < -0.39 is 0 Å². The van der Waals surface area contributed by atoms with E-state index in [1.54, 1.807) is 5.57 Å². The SMILES string of the molecule is CCCNC(CSC1CCCCC1)C1=CCCCCC1. The van der Waals surface area contributed by atoms with Gasteiger partial charge >= 0.3 is 0 Å². The summed E-state index contributed by atoms with van der Waals surface area (Å²) in [5.41, 5.74) is 1.72. The van der Waals surface area contributed by atoms with Gasteiger partial charge in [-0.2, -0.15) is 11.8 Å². The maximum Gasteiger partial charge on any atom is 0.0370 e. The Hall–Kier alpha value is 0.0500. The van der Waals surface area contributed by atoms with E-state index in [4.69, 9.17) is 0 Å². The van der Waals surface area contributed by atoms with E-state index in [2.05, 4.69) is 30.1 Å². The molecule has 2 aliphatic carbocycles. The highest BCUT2D eigenvalue weighted by Gasteiger charge is 2.19. The van der Waals surface area contributed by atoms with Crippen molar-refractivity contribution in [1.82, 2.24) is 5.32 Å². The number of hydrogen-bond acceptors (Lipinski definition) is 2. The zero-order chi connectivity index (χ0) is 14.0. The highest BCUT2D eigenvalue weighted by atomic mass is 32.2. The third-order valence-electron chi connectivity index (χ3n) is 4.72. The number of allylic oxidation sites excluding steroid dienone is 1. The van der Waals surface area contributed by atoms with Gasteiger partial charge in [-0.05, 0) is 51.5 Å². The normalized spacial score (nSPS) is 23.1. The van der Waals surface area contributed by atoms with Gasteiger partial charge in [-0.3, -0.25) is 0 Å². The Bertz CT molecular complexity index is 281. The molecule has 0 aromatic heterocycles. The summed E-state index contributed by atoms with van der Waals surface area (Å²) in [5, 5.41) is 4.76. The van der Waals surface area contributed by atoms with Crippen molar-refractivity contribution in [2.75, 3.05) is 12.3 Å². The molecule has 1 unspecified atom stereocenters. The van der Waals surface area contributed by atoms with Gasteiger partial charge in [-0.1, -0.05) is 44.3 Å². The first-order chi connectivity index (χ1) is 9.90. The molecule has 20 heavy (non-hydrogen) atoms. The second-order valence-corrected chi connectivity index (χ2v) is 7.81. The van der Waals surface area contributed by atoms with Gasteiger partial charge in [0, 0.05) is 17.0 Å². The first-order valence-electron chi connectivity index (χ1n) is 8.94. The highest BCUT2D eigenvalue weighted by molar-refractivity contribution is 7.99. The summed E-state index contributed by atoms with van der Waals surface area (Å²) in [4.78, 5) is 0. The molecule has 0 amide bonds. The van der Waals surface area contributed by atoms with Gasteiger partial charge in [0.05, 0.1) is 0 Å². The number of nitrogens with one attached hydrogen (secondary N) is 1. The fraction of sp³-hybridized carbons (Fsp3) is 0.889. The quantitative estimate of drug-likeness (QED) is 0.639. The average molecular weight is 296 g/mol. The van der Waals surface area contributed by atoms with E-state index in [0.29, 0.717) is 6.04 Å². The van der Waals surface area contributed by atoms with Gasteiger partial charge in [0.15, 0.2) is 0 Å². The monoisotopic (exact) mass is 295 g/mol. The van der Waals surface area contributed by atoms with Gasteiger partial charge in [0.1, 0.15) is 0 Å². The second kappa shape index (κ2) is 9.89. The molecule has 1 atom stereocenters. The van der Waals surface area contributed by atoms with E-state index in [-0.39, 0.29) is 0 Å². The molecule has 2 heteroatoms. The number of thioether (sulfide) groups is 1. The molecule has 2 aliphatic rings. The lowest BCUT2D eigenvalue weighted by atomic mass is 10.0. The molecular formula is C18H33NS. The van der Waals surface area contributed by atoms with E-state index in [1.807, 2.05) is 0 Å². The van der Waals surface area contributed by atoms with Crippen LogP contribution in [0.4, 0.5) is 0 Å². The molecule has 0 radical (unpaired) electrons. The third kappa shape index (κ3) is 5.81. The smallest absolute Gasteiger partial charge is 0.0370 e. The minimum Gasteiger partial charge on any atom is -0.310 e. The lowest BCUT2D eigenvalue weighted by Crippen LogP contribution is -2.34. The van der Waals surface area contributed by atoms with Crippen LogP contribution in [0.1, 0.15) is 77.6 Å². The third-order valence-corrected chi connectivity index (χ3v) is 6.18. The van der Waals surface area contributed by atoms with Gasteiger partial charge in [-0.15, -0.1) is 0 Å². The van der Waals surface area contributed by atoms with Crippen molar-refractivity contribution < 1.29 is 0 Å². The molecule has 0 aromatic carbocycles. The molecule has 0 spiro atoms. The molecule has 116 valence electrons. The average Bonchev–Trinajstić information content (AvgIpc) is 2.78. The summed E-state index contributed by atoms with van der Waals surface area (Å²) in [7, 11) is 0. The molecule has 0 saturated heterocycles. The Morgan fingerprint density at radius 3 is 2.75 bits per heavy atom. The number of rotatable bonds is 7. The summed E-state index contributed by atoms with van der Waals surface area (Å²) in [6.45, 7) is 3.45. The molecule has 1 fully saturated rings. The molecule has 1 nitrogen and oxygen atoms in total. The van der Waals surface area contributed by atoms with Gasteiger partial charge in [0.25, 0.3) is 0 Å². The summed E-state index contributed by atoms with van der Waals surface area (Å²) in [6, 6.07) is 0.653. The predicted octanol–water partition coefficient (Wildman–Crippen LogP) is 5.31. The lowest BCUT2D eigenvalue weighted by Gasteiger charge is -2.26. The molecule has 1 N–H and O–H groups in total. The van der Waals surface area contributed by atoms with Crippen molar-refractivity contribution in [2.45, 2.75) is 88.8 Å². The van der Waals surface area contributed by atoms with Crippen LogP contribution < -0.4 is 5.32 Å². The molecule has 1 saturated carbocycles. The lowest BCUT2D eigenvalue weighted by molar-refractivity contribution is 0.514. The van der Waals surface area contributed by atoms with Crippen LogP contribution in [-0.2, 0) is 0 Å². The summed E-state index contributed by atoms with van der Waals surface area (Å²) >= 11 is 2.25. The van der Waals surface area contributed by atoms with Crippen LogP contribution in [0.5, 0.6) is 0 Å². The largest absolute Gasteiger partial charge is 0.310 e. The fourth-order valence-corrected chi connectivity index (χ4v) is 4.90. The fourth-order valence-electron chi connectivity index (χ4n) is 3.44. The first kappa shape index (κ1) is 16.4. The Morgan fingerprint density at radius 2 is 1.95 bits per heavy atom. The van der Waals surface area contributed by atoms with Crippen LogP contribution in [0.15, 0.2) is 11.6 Å². The van der Waals surface area contributed by atoms with Crippen molar-refractivity contribution in [3.8, 4) is 0 Å². The van der Waals surface area contributed by atoms with Gasteiger partial charge in [-0.25, -0.2) is 0 Å². The predicted molar refractivity (Wildman–Crippen MR) is 92.6 cm³/mol. The maximum absolute atomic E-state index is 3.82. The molecular weight excluding hydrogens is 262 g/mol. The maximum atomic E-state index is 3.82. The van der Waals surface area contributed by atoms with Crippen molar-refractivity contribution in [3.05, 3.63) is 11.6 Å². The van der Waals surface area contributed by atoms with Crippen LogP contribution in [0.2, 0.25) is 0 Å². The highest BCUT2D eigenvalue weighted by Crippen LogP contribution is 2.30. The van der Waals surface area contributed by atoms with Crippen molar-refractivity contribution >= 4 is 11.8 Å². The summed E-state index contributed by atoms with van der Waals surface area (Å²) in [6.07, 6.45) is 18.0. The zero-order valence-corrected chi connectivity index (χ0v) is 14.1. The van der Waals surface area contributed by atoms with Gasteiger partial charge < -0.3 is 5.32 Å². The molecule has 0 aromatic rings. The Morgan fingerprint density at radius 1 is 1.15 bits per heavy atom. The zero-order valence-electron chi connectivity index (χ0n) is 13.3. The van der Waals surface area contributed by atoms with Crippen LogP contribution >= 0.6 is 11.8 Å². The molecule has 0 heterocycles. The Labute approximate surface area is 130 Å². The molecule has 0 aliphatic heterocycles. The standard InChI is InChI=1S/C18H33NS/c1-2-14-19-18(16-10-6-3-4-7-11-16)15-20-17-12-8-5-9-13-17/h10,17-19H,2-9,11-15H2,1H3. The molecule has 2 rings (SSSR count). The van der Waals surface area contributed by atoms with E-state index in [0.717, 1.165) is 5.25 Å². The Balaban J connectivity index is 1.83. The van der Waals surface area contributed by atoms with Crippen molar-refractivity contribution in [2.24, 2.45) is 0 Å². The van der Waals surface area contributed by atoms with E-state index in [1.165, 1.54) is 82.9 Å². The number of hydrogen-bond donors (Lipinski definition) is 1. The van der Waals surface area contributed by atoms with Crippen molar-refractivity contribution in [1.29, 1.82) is 0 Å². The topological polar surface area (TPSA) is 12.0 Å². The van der Waals surface area contributed by atoms with E-state index in [9.17, 15) is 0 Å². The summed E-state index contributed by atoms with van der Waals surface area (Å²) < 4.78 is 0. The summed E-state index contributed by atoms with van der Waals surface area (Å²) in [5.74, 6) is 1.30. The van der Waals surface area contributed by atoms with Crippen molar-refractivity contribution in [3.63, 3.8) is 0 Å². The van der Waals surface area contributed by atoms with Crippen LogP contribution in [0.25, 0.3) is 0 Å². The van der Waals surface area contributed by atoms with Crippen LogP contribution in [0, 0.1) is 0 Å². The molecule has 0 bridgehead atoms.